The van der Waals surface area contributed by atoms with Gasteiger partial charge in [0.25, 0.3) is 0 Å². The van der Waals surface area contributed by atoms with Gasteiger partial charge in [-0.2, -0.15) is 0 Å². The van der Waals surface area contributed by atoms with E-state index in [4.69, 9.17) is 0 Å². The molecule has 2 rings (SSSR count). The Balaban J connectivity index is 2.17. The van der Waals surface area contributed by atoms with Gasteiger partial charge in [0.15, 0.2) is 0 Å². The van der Waals surface area contributed by atoms with E-state index < -0.39 is 0 Å². The number of halogens is 1. The van der Waals surface area contributed by atoms with Crippen molar-refractivity contribution in [3.8, 4) is 0 Å². The highest BCUT2D eigenvalue weighted by Crippen LogP contribution is 2.34. The monoisotopic (exact) mass is 263 g/mol. The first-order chi connectivity index (χ1) is 9.22. The third kappa shape index (κ3) is 3.79. The molecule has 0 saturated heterocycles. The molecule has 0 aromatic heterocycles. The second kappa shape index (κ2) is 7.04. The molecule has 1 fully saturated rings. The molecule has 1 saturated carbocycles. The van der Waals surface area contributed by atoms with Crippen LogP contribution in [0.1, 0.15) is 62.1 Å². The highest BCUT2D eigenvalue weighted by atomic mass is 19.1. The van der Waals surface area contributed by atoms with Crippen molar-refractivity contribution in [1.82, 2.24) is 5.32 Å². The van der Waals surface area contributed by atoms with E-state index in [1.54, 1.807) is 12.1 Å². The topological polar surface area (TPSA) is 12.0 Å². The summed E-state index contributed by atoms with van der Waals surface area (Å²) >= 11 is 0. The van der Waals surface area contributed by atoms with Gasteiger partial charge in [-0.1, -0.05) is 38.2 Å². The zero-order chi connectivity index (χ0) is 13.7. The van der Waals surface area contributed by atoms with Crippen molar-refractivity contribution in [2.45, 2.75) is 57.9 Å². The lowest BCUT2D eigenvalue weighted by Crippen LogP contribution is -2.26. The van der Waals surface area contributed by atoms with Crippen molar-refractivity contribution in [2.24, 2.45) is 5.92 Å². The van der Waals surface area contributed by atoms with Crippen LogP contribution >= 0.6 is 0 Å². The van der Waals surface area contributed by atoms with Crippen LogP contribution in [0.25, 0.3) is 0 Å². The first-order valence-electron chi connectivity index (χ1n) is 7.65. The fraction of sp³-hybridized carbons (Fsp3) is 0.647. The molecule has 0 spiro atoms. The molecule has 0 aliphatic heterocycles. The molecule has 1 aromatic carbocycles. The summed E-state index contributed by atoms with van der Waals surface area (Å²) in [4.78, 5) is 0. The maximum atomic E-state index is 13.3. The van der Waals surface area contributed by atoms with Gasteiger partial charge in [-0.05, 0) is 56.0 Å². The fourth-order valence-electron chi connectivity index (χ4n) is 3.45. The Bertz CT molecular complexity index is 394. The van der Waals surface area contributed by atoms with Crippen LogP contribution in [0.15, 0.2) is 18.2 Å². The van der Waals surface area contributed by atoms with E-state index in [9.17, 15) is 4.39 Å². The molecule has 1 atom stereocenters. The van der Waals surface area contributed by atoms with Crippen molar-refractivity contribution in [3.63, 3.8) is 0 Å². The first-order valence-corrected chi connectivity index (χ1v) is 7.65. The fourth-order valence-corrected chi connectivity index (χ4v) is 3.45. The number of hydrogen-bond acceptors (Lipinski definition) is 1. The number of aryl methyl sites for hydroxylation is 1. The van der Waals surface area contributed by atoms with Crippen LogP contribution in [0.3, 0.4) is 0 Å². The zero-order valence-corrected chi connectivity index (χ0v) is 12.2. The van der Waals surface area contributed by atoms with Gasteiger partial charge < -0.3 is 5.32 Å². The summed E-state index contributed by atoms with van der Waals surface area (Å²) in [5.74, 6) is 0.559. The van der Waals surface area contributed by atoms with E-state index in [-0.39, 0.29) is 5.82 Å². The summed E-state index contributed by atoms with van der Waals surface area (Å²) in [6, 6.07) is 5.58. The molecular weight excluding hydrogens is 237 g/mol. The molecular formula is C17H26FN. The molecule has 1 nitrogen and oxygen atoms in total. The minimum atomic E-state index is -0.131. The van der Waals surface area contributed by atoms with E-state index in [0.717, 1.165) is 5.56 Å². The van der Waals surface area contributed by atoms with Crippen LogP contribution in [0, 0.1) is 18.7 Å². The van der Waals surface area contributed by atoms with Crippen LogP contribution in [0.4, 0.5) is 4.39 Å². The summed E-state index contributed by atoms with van der Waals surface area (Å²) in [6.45, 7) is 2.02. The Morgan fingerprint density at radius 3 is 2.32 bits per heavy atom. The van der Waals surface area contributed by atoms with Crippen molar-refractivity contribution < 1.29 is 4.39 Å². The minimum Gasteiger partial charge on any atom is -0.313 e. The van der Waals surface area contributed by atoms with Crippen LogP contribution in [-0.2, 0) is 0 Å². The van der Waals surface area contributed by atoms with Gasteiger partial charge >= 0.3 is 0 Å². The third-order valence-electron chi connectivity index (χ3n) is 4.50. The van der Waals surface area contributed by atoms with Gasteiger partial charge in [-0.3, -0.25) is 0 Å². The molecule has 0 radical (unpaired) electrons. The smallest absolute Gasteiger partial charge is 0.123 e. The quantitative estimate of drug-likeness (QED) is 0.829. The van der Waals surface area contributed by atoms with E-state index >= 15 is 0 Å². The number of hydrogen-bond donors (Lipinski definition) is 1. The van der Waals surface area contributed by atoms with E-state index in [1.807, 2.05) is 20.0 Å². The van der Waals surface area contributed by atoms with Crippen LogP contribution in [0.5, 0.6) is 0 Å². The maximum Gasteiger partial charge on any atom is 0.123 e. The lowest BCUT2D eigenvalue weighted by molar-refractivity contribution is 0.298. The Labute approximate surface area is 116 Å². The predicted octanol–water partition coefficient (Wildman–Crippen LogP) is 4.76. The Kier molecular flexibility index (Phi) is 5.38. The minimum absolute atomic E-state index is 0.131. The summed E-state index contributed by atoms with van der Waals surface area (Å²) < 4.78 is 13.3. The summed E-state index contributed by atoms with van der Waals surface area (Å²) in [6.07, 6.45) is 9.40. The highest BCUT2D eigenvalue weighted by molar-refractivity contribution is 5.30. The molecule has 1 aromatic rings. The summed E-state index contributed by atoms with van der Waals surface area (Å²) in [5, 5.41) is 3.47. The maximum absolute atomic E-state index is 13.3. The van der Waals surface area contributed by atoms with Crippen molar-refractivity contribution in [1.29, 1.82) is 0 Å². The molecule has 2 heteroatoms. The Hall–Kier alpha value is -0.890. The summed E-state index contributed by atoms with van der Waals surface area (Å²) in [5.41, 5.74) is 2.34. The van der Waals surface area contributed by atoms with Gasteiger partial charge in [0.2, 0.25) is 0 Å². The van der Waals surface area contributed by atoms with Gasteiger partial charge in [-0.25, -0.2) is 4.39 Å². The molecule has 1 aliphatic carbocycles. The highest BCUT2D eigenvalue weighted by Gasteiger charge is 2.23. The molecule has 0 heterocycles. The molecule has 1 aliphatic rings. The van der Waals surface area contributed by atoms with Gasteiger partial charge in [0.1, 0.15) is 5.82 Å². The average molecular weight is 263 g/mol. The molecule has 19 heavy (non-hydrogen) atoms. The normalized spacial score (nSPS) is 19.7. The van der Waals surface area contributed by atoms with Crippen LogP contribution < -0.4 is 5.32 Å². The summed E-state index contributed by atoms with van der Waals surface area (Å²) in [7, 11) is 2.03. The van der Waals surface area contributed by atoms with Gasteiger partial charge in [0.05, 0.1) is 0 Å². The van der Waals surface area contributed by atoms with E-state index in [1.165, 1.54) is 50.5 Å². The van der Waals surface area contributed by atoms with Crippen molar-refractivity contribution in [3.05, 3.63) is 35.1 Å². The largest absolute Gasteiger partial charge is 0.313 e. The molecule has 106 valence electrons. The Morgan fingerprint density at radius 2 is 1.74 bits per heavy atom. The van der Waals surface area contributed by atoms with E-state index in [2.05, 4.69) is 5.32 Å². The number of rotatable bonds is 3. The van der Waals surface area contributed by atoms with Crippen molar-refractivity contribution in [2.75, 3.05) is 7.05 Å². The average Bonchev–Trinajstić information content (AvgIpc) is 2.34. The zero-order valence-electron chi connectivity index (χ0n) is 12.2. The second-order valence-corrected chi connectivity index (χ2v) is 5.87. The van der Waals surface area contributed by atoms with Gasteiger partial charge in [0, 0.05) is 6.04 Å². The Morgan fingerprint density at radius 1 is 1.11 bits per heavy atom. The van der Waals surface area contributed by atoms with Crippen molar-refractivity contribution >= 4 is 0 Å². The van der Waals surface area contributed by atoms with Crippen LogP contribution in [-0.4, -0.2) is 7.05 Å². The lowest BCUT2D eigenvalue weighted by Gasteiger charge is -2.30. The van der Waals surface area contributed by atoms with E-state index in [0.29, 0.717) is 12.0 Å². The third-order valence-corrected chi connectivity index (χ3v) is 4.50. The molecule has 1 unspecified atom stereocenters. The molecule has 0 bridgehead atoms. The van der Waals surface area contributed by atoms with Gasteiger partial charge in [-0.15, -0.1) is 0 Å². The second-order valence-electron chi connectivity index (χ2n) is 5.87. The van der Waals surface area contributed by atoms with Crippen LogP contribution in [0.2, 0.25) is 0 Å². The standard InChI is InChI=1S/C17H26FN/c1-13-12-15(18)10-11-16(13)17(19-2)14-8-6-4-3-5-7-9-14/h10-12,14,17,19H,3-9H2,1-2H3. The first kappa shape index (κ1) is 14.5. The lowest BCUT2D eigenvalue weighted by atomic mass is 9.82. The molecule has 1 N–H and O–H groups in total. The SMILES string of the molecule is CNC(c1ccc(F)cc1C)C1CCCCCCC1. The number of nitrogens with one attached hydrogen (secondary N) is 1. The predicted molar refractivity (Wildman–Crippen MR) is 78.7 cm³/mol. The number of benzene rings is 1. The molecule has 0 amide bonds.